The maximum Gasteiger partial charge on any atom is 0.127 e. The van der Waals surface area contributed by atoms with Crippen LogP contribution in [-0.4, -0.2) is 56.2 Å². The van der Waals surface area contributed by atoms with Gasteiger partial charge in [-0.3, -0.25) is 4.90 Å². The topological polar surface area (TPSA) is 24.9 Å². The minimum Gasteiger partial charge on any atom is -0.497 e. The fourth-order valence-electron chi connectivity index (χ4n) is 4.33. The van der Waals surface area contributed by atoms with Gasteiger partial charge >= 0.3 is 0 Å². The fraction of sp³-hybridized carbons (Fsp3) is 0.684. The smallest absolute Gasteiger partial charge is 0.127 e. The molecule has 0 radical (unpaired) electrons. The molecule has 1 spiro atoms. The average molecular weight is 318 g/mol. The Bertz CT molecular complexity index is 526. The molecule has 128 valence electrons. The third kappa shape index (κ3) is 3.48. The standard InChI is InChI=1S/C19H30N2O2/c1-20-11-12-21(19(15-20)9-5-4-6-10-19)14-16-7-8-17(22-2)13-18(16)23-3/h7-8,13H,4-6,9-12,14-15H2,1-3H3. The molecule has 2 aliphatic rings. The van der Waals surface area contributed by atoms with E-state index in [0.717, 1.165) is 31.1 Å². The molecule has 3 rings (SSSR count). The summed E-state index contributed by atoms with van der Waals surface area (Å²) in [5, 5.41) is 0. The molecule has 1 aromatic rings. The predicted molar refractivity (Wildman–Crippen MR) is 93.3 cm³/mol. The first-order chi connectivity index (χ1) is 11.2. The van der Waals surface area contributed by atoms with Gasteiger partial charge in [-0.05, 0) is 26.0 Å². The molecule has 4 heteroatoms. The van der Waals surface area contributed by atoms with Crippen molar-refractivity contribution in [2.45, 2.75) is 44.2 Å². The van der Waals surface area contributed by atoms with Crippen LogP contribution in [-0.2, 0) is 6.54 Å². The largest absolute Gasteiger partial charge is 0.497 e. The van der Waals surface area contributed by atoms with Crippen molar-refractivity contribution in [3.05, 3.63) is 23.8 Å². The second kappa shape index (κ2) is 7.10. The van der Waals surface area contributed by atoms with Gasteiger partial charge in [0.1, 0.15) is 11.5 Å². The maximum absolute atomic E-state index is 5.61. The Kier molecular flexibility index (Phi) is 5.12. The number of hydrogen-bond acceptors (Lipinski definition) is 4. The molecule has 0 bridgehead atoms. The van der Waals surface area contributed by atoms with Crippen LogP contribution in [0, 0.1) is 0 Å². The molecule has 1 saturated heterocycles. The van der Waals surface area contributed by atoms with E-state index >= 15 is 0 Å². The van der Waals surface area contributed by atoms with E-state index in [4.69, 9.17) is 9.47 Å². The fourth-order valence-corrected chi connectivity index (χ4v) is 4.33. The molecule has 4 nitrogen and oxygen atoms in total. The number of rotatable bonds is 4. The van der Waals surface area contributed by atoms with Gasteiger partial charge < -0.3 is 14.4 Å². The van der Waals surface area contributed by atoms with Crippen LogP contribution in [0.3, 0.4) is 0 Å². The van der Waals surface area contributed by atoms with E-state index in [1.54, 1.807) is 14.2 Å². The zero-order chi connectivity index (χ0) is 16.3. The molecule has 23 heavy (non-hydrogen) atoms. The van der Waals surface area contributed by atoms with Gasteiger partial charge in [0.25, 0.3) is 0 Å². The Morgan fingerprint density at radius 2 is 1.83 bits per heavy atom. The van der Waals surface area contributed by atoms with Gasteiger partial charge in [-0.2, -0.15) is 0 Å². The van der Waals surface area contributed by atoms with Crippen molar-refractivity contribution in [3.63, 3.8) is 0 Å². The van der Waals surface area contributed by atoms with Crippen LogP contribution >= 0.6 is 0 Å². The molecular weight excluding hydrogens is 288 g/mol. The van der Waals surface area contributed by atoms with Gasteiger partial charge in [0.05, 0.1) is 14.2 Å². The summed E-state index contributed by atoms with van der Waals surface area (Å²) in [4.78, 5) is 5.23. The molecule has 2 fully saturated rings. The molecule has 1 aliphatic heterocycles. The summed E-state index contributed by atoms with van der Waals surface area (Å²) >= 11 is 0. The van der Waals surface area contributed by atoms with Crippen molar-refractivity contribution in [1.29, 1.82) is 0 Å². The Labute approximate surface area is 140 Å². The average Bonchev–Trinajstić information content (AvgIpc) is 2.58. The predicted octanol–water partition coefficient (Wildman–Crippen LogP) is 3.15. The lowest BCUT2D eigenvalue weighted by Crippen LogP contribution is -2.61. The van der Waals surface area contributed by atoms with Gasteiger partial charge in [-0.1, -0.05) is 25.3 Å². The molecule has 1 aromatic carbocycles. The number of ether oxygens (including phenoxy) is 2. The third-order valence-corrected chi connectivity index (χ3v) is 5.63. The lowest BCUT2D eigenvalue weighted by molar-refractivity contribution is -0.0241. The molecular formula is C19H30N2O2. The second-order valence-corrected chi connectivity index (χ2v) is 7.12. The summed E-state index contributed by atoms with van der Waals surface area (Å²) in [5.41, 5.74) is 1.62. The highest BCUT2D eigenvalue weighted by Crippen LogP contribution is 2.38. The van der Waals surface area contributed by atoms with Crippen molar-refractivity contribution < 1.29 is 9.47 Å². The highest BCUT2D eigenvalue weighted by atomic mass is 16.5. The summed E-state index contributed by atoms with van der Waals surface area (Å²) in [6.07, 6.45) is 6.78. The second-order valence-electron chi connectivity index (χ2n) is 7.12. The number of benzene rings is 1. The van der Waals surface area contributed by atoms with E-state index in [2.05, 4.69) is 22.9 Å². The van der Waals surface area contributed by atoms with Crippen LogP contribution in [0.2, 0.25) is 0 Å². The number of nitrogens with zero attached hydrogens (tertiary/aromatic N) is 2. The lowest BCUT2D eigenvalue weighted by atomic mass is 9.78. The monoisotopic (exact) mass is 318 g/mol. The normalized spacial score (nSPS) is 22.2. The molecule has 0 amide bonds. The van der Waals surface area contributed by atoms with Crippen LogP contribution in [0.15, 0.2) is 18.2 Å². The van der Waals surface area contributed by atoms with E-state index in [1.165, 1.54) is 44.2 Å². The number of piperazine rings is 1. The van der Waals surface area contributed by atoms with Crippen molar-refractivity contribution in [2.75, 3.05) is 40.9 Å². The third-order valence-electron chi connectivity index (χ3n) is 5.63. The molecule has 0 atom stereocenters. The Morgan fingerprint density at radius 3 is 2.52 bits per heavy atom. The number of methoxy groups -OCH3 is 2. The van der Waals surface area contributed by atoms with Gasteiger partial charge in [0.2, 0.25) is 0 Å². The highest BCUT2D eigenvalue weighted by molar-refractivity contribution is 5.40. The first-order valence-electron chi connectivity index (χ1n) is 8.81. The maximum atomic E-state index is 5.61. The molecule has 1 saturated carbocycles. The van der Waals surface area contributed by atoms with Crippen molar-refractivity contribution in [1.82, 2.24) is 9.80 Å². The number of hydrogen-bond donors (Lipinski definition) is 0. The summed E-state index contributed by atoms with van der Waals surface area (Å²) in [6, 6.07) is 6.20. The lowest BCUT2D eigenvalue weighted by Gasteiger charge is -2.52. The SMILES string of the molecule is COc1ccc(CN2CCN(C)CC23CCCCC3)c(OC)c1. The van der Waals surface area contributed by atoms with Crippen LogP contribution in [0.25, 0.3) is 0 Å². The van der Waals surface area contributed by atoms with Gasteiger partial charge in [-0.15, -0.1) is 0 Å². The highest BCUT2D eigenvalue weighted by Gasteiger charge is 2.41. The van der Waals surface area contributed by atoms with Crippen molar-refractivity contribution in [2.24, 2.45) is 0 Å². The van der Waals surface area contributed by atoms with Crippen molar-refractivity contribution >= 4 is 0 Å². The summed E-state index contributed by atoms with van der Waals surface area (Å²) in [7, 11) is 5.71. The zero-order valence-corrected chi connectivity index (χ0v) is 14.8. The molecule has 0 aromatic heterocycles. The van der Waals surface area contributed by atoms with E-state index in [-0.39, 0.29) is 0 Å². The molecule has 1 aliphatic carbocycles. The molecule has 1 heterocycles. The van der Waals surface area contributed by atoms with Crippen LogP contribution in [0.5, 0.6) is 11.5 Å². The van der Waals surface area contributed by atoms with E-state index in [1.807, 2.05) is 12.1 Å². The first kappa shape index (κ1) is 16.6. The Hall–Kier alpha value is -1.26. The first-order valence-corrected chi connectivity index (χ1v) is 8.81. The van der Waals surface area contributed by atoms with Crippen molar-refractivity contribution in [3.8, 4) is 11.5 Å². The van der Waals surface area contributed by atoms with Gasteiger partial charge in [0.15, 0.2) is 0 Å². The van der Waals surface area contributed by atoms with E-state index in [9.17, 15) is 0 Å². The minimum atomic E-state index is 0.357. The van der Waals surface area contributed by atoms with Crippen LogP contribution in [0.1, 0.15) is 37.7 Å². The quantitative estimate of drug-likeness (QED) is 0.851. The van der Waals surface area contributed by atoms with Crippen LogP contribution < -0.4 is 9.47 Å². The summed E-state index contributed by atoms with van der Waals surface area (Å²) < 4.78 is 10.9. The Balaban J connectivity index is 1.82. The van der Waals surface area contributed by atoms with E-state index < -0.39 is 0 Å². The summed E-state index contributed by atoms with van der Waals surface area (Å²) in [5.74, 6) is 1.80. The van der Waals surface area contributed by atoms with Crippen LogP contribution in [0.4, 0.5) is 0 Å². The Morgan fingerprint density at radius 1 is 1.04 bits per heavy atom. The molecule has 0 unspecified atom stereocenters. The van der Waals surface area contributed by atoms with Gasteiger partial charge in [0, 0.05) is 43.3 Å². The molecule has 0 N–H and O–H groups in total. The van der Waals surface area contributed by atoms with E-state index in [0.29, 0.717) is 5.54 Å². The zero-order valence-electron chi connectivity index (χ0n) is 14.8. The summed E-state index contributed by atoms with van der Waals surface area (Å²) in [6.45, 7) is 4.47. The number of likely N-dealkylation sites (N-methyl/N-ethyl adjacent to an activating group) is 1. The van der Waals surface area contributed by atoms with Gasteiger partial charge in [-0.25, -0.2) is 0 Å². The minimum absolute atomic E-state index is 0.357.